The van der Waals surface area contributed by atoms with E-state index in [2.05, 4.69) is 62.7 Å². The predicted octanol–water partition coefficient (Wildman–Crippen LogP) is 3.49. The molecule has 4 heteroatoms. The molecule has 0 amide bonds. The summed E-state index contributed by atoms with van der Waals surface area (Å²) in [6, 6.07) is 2.07. The average Bonchev–Trinajstić information content (AvgIpc) is 2.70. The molecular weight excluding hydrogens is 224 g/mol. The number of hydrogen-bond donors (Lipinski definition) is 0. The zero-order chi connectivity index (χ0) is 13.4. The van der Waals surface area contributed by atoms with E-state index < -0.39 is 0 Å². The largest absolute Gasteiger partial charge is 0.217 e. The van der Waals surface area contributed by atoms with E-state index in [1.807, 2.05) is 4.52 Å². The van der Waals surface area contributed by atoms with Crippen molar-refractivity contribution in [3.63, 3.8) is 0 Å². The van der Waals surface area contributed by atoms with Crippen molar-refractivity contribution in [3.8, 4) is 0 Å². The van der Waals surface area contributed by atoms with Gasteiger partial charge in [-0.2, -0.15) is 5.10 Å². The van der Waals surface area contributed by atoms with E-state index in [-0.39, 0.29) is 0 Å². The van der Waals surface area contributed by atoms with Crippen LogP contribution in [0.2, 0.25) is 0 Å². The Kier molecular flexibility index (Phi) is 3.37. The van der Waals surface area contributed by atoms with E-state index in [9.17, 15) is 0 Å². The van der Waals surface area contributed by atoms with Gasteiger partial charge in [0.15, 0.2) is 5.65 Å². The highest BCUT2D eigenvalue weighted by atomic mass is 15.3. The molecule has 0 spiro atoms. The van der Waals surface area contributed by atoms with Gasteiger partial charge in [-0.3, -0.25) is 0 Å². The van der Waals surface area contributed by atoms with Crippen molar-refractivity contribution < 1.29 is 0 Å². The number of rotatable bonds is 3. The van der Waals surface area contributed by atoms with Gasteiger partial charge < -0.3 is 0 Å². The Balaban J connectivity index is 2.69. The molecule has 2 rings (SSSR count). The SMILES string of the molecule is CC(C)c1cc2nc(C(C)C)nc(C(C)C)n2n1. The van der Waals surface area contributed by atoms with Crippen LogP contribution in [0.1, 0.15) is 76.6 Å². The lowest BCUT2D eigenvalue weighted by molar-refractivity contribution is 0.651. The van der Waals surface area contributed by atoms with Crippen molar-refractivity contribution in [1.82, 2.24) is 19.6 Å². The summed E-state index contributed by atoms with van der Waals surface area (Å²) in [5.74, 6) is 2.99. The minimum absolute atomic E-state index is 0.338. The van der Waals surface area contributed by atoms with Gasteiger partial charge in [-0.15, -0.1) is 0 Å². The first-order valence-electron chi connectivity index (χ1n) is 6.67. The van der Waals surface area contributed by atoms with Crippen molar-refractivity contribution in [1.29, 1.82) is 0 Å². The molecule has 0 saturated carbocycles. The Hall–Kier alpha value is -1.45. The van der Waals surface area contributed by atoms with Crippen molar-refractivity contribution in [3.05, 3.63) is 23.4 Å². The van der Waals surface area contributed by atoms with E-state index in [4.69, 9.17) is 0 Å². The molecule has 0 N–H and O–H groups in total. The highest BCUT2D eigenvalue weighted by Gasteiger charge is 2.16. The van der Waals surface area contributed by atoms with Crippen LogP contribution in [0, 0.1) is 0 Å². The lowest BCUT2D eigenvalue weighted by atomic mass is 10.1. The van der Waals surface area contributed by atoms with Gasteiger partial charge in [0.25, 0.3) is 0 Å². The van der Waals surface area contributed by atoms with Crippen LogP contribution in [0.5, 0.6) is 0 Å². The molecule has 0 aliphatic carbocycles. The van der Waals surface area contributed by atoms with Gasteiger partial charge in [-0.25, -0.2) is 14.5 Å². The maximum absolute atomic E-state index is 4.66. The van der Waals surface area contributed by atoms with Crippen LogP contribution in [0.3, 0.4) is 0 Å². The normalized spacial score (nSPS) is 12.3. The second kappa shape index (κ2) is 4.67. The molecule has 2 aromatic rings. The van der Waals surface area contributed by atoms with E-state index in [0.29, 0.717) is 17.8 Å². The third-order valence-electron chi connectivity index (χ3n) is 3.01. The molecule has 18 heavy (non-hydrogen) atoms. The van der Waals surface area contributed by atoms with Crippen molar-refractivity contribution in [2.24, 2.45) is 0 Å². The van der Waals surface area contributed by atoms with E-state index in [1.165, 1.54) is 0 Å². The fourth-order valence-corrected chi connectivity index (χ4v) is 1.86. The molecule has 0 aliphatic heterocycles. The second-order valence-corrected chi connectivity index (χ2v) is 5.74. The van der Waals surface area contributed by atoms with Gasteiger partial charge in [0.1, 0.15) is 11.6 Å². The number of fused-ring (bicyclic) bond motifs is 1. The van der Waals surface area contributed by atoms with Gasteiger partial charge in [-0.05, 0) is 5.92 Å². The van der Waals surface area contributed by atoms with Crippen LogP contribution in [-0.2, 0) is 0 Å². The van der Waals surface area contributed by atoms with Gasteiger partial charge >= 0.3 is 0 Å². The minimum atomic E-state index is 0.338. The summed E-state index contributed by atoms with van der Waals surface area (Å²) in [7, 11) is 0. The summed E-state index contributed by atoms with van der Waals surface area (Å²) in [5, 5.41) is 4.63. The molecule has 2 aromatic heterocycles. The quantitative estimate of drug-likeness (QED) is 0.832. The van der Waals surface area contributed by atoms with Gasteiger partial charge in [0.2, 0.25) is 0 Å². The average molecular weight is 246 g/mol. The third-order valence-corrected chi connectivity index (χ3v) is 3.01. The molecule has 98 valence electrons. The molecule has 4 nitrogen and oxygen atoms in total. The Morgan fingerprint density at radius 3 is 2.06 bits per heavy atom. The van der Waals surface area contributed by atoms with Crippen molar-refractivity contribution in [2.45, 2.75) is 59.3 Å². The Labute approximate surface area is 108 Å². The van der Waals surface area contributed by atoms with Gasteiger partial charge in [0.05, 0.1) is 5.69 Å². The highest BCUT2D eigenvalue weighted by molar-refractivity contribution is 5.41. The number of hydrogen-bond acceptors (Lipinski definition) is 3. The smallest absolute Gasteiger partial charge is 0.159 e. The van der Waals surface area contributed by atoms with Crippen LogP contribution in [0.4, 0.5) is 0 Å². The molecule has 0 aliphatic rings. The lowest BCUT2D eigenvalue weighted by Gasteiger charge is -2.10. The van der Waals surface area contributed by atoms with Crippen LogP contribution >= 0.6 is 0 Å². The summed E-state index contributed by atoms with van der Waals surface area (Å²) in [4.78, 5) is 9.27. The molecule has 0 aromatic carbocycles. The van der Waals surface area contributed by atoms with E-state index in [0.717, 1.165) is 23.0 Å². The lowest BCUT2D eigenvalue weighted by Crippen LogP contribution is -2.10. The first-order chi connectivity index (χ1) is 8.40. The van der Waals surface area contributed by atoms with Gasteiger partial charge in [-0.1, -0.05) is 41.5 Å². The van der Waals surface area contributed by atoms with Gasteiger partial charge in [0, 0.05) is 17.9 Å². The first kappa shape index (κ1) is 13.0. The number of aromatic nitrogens is 4. The first-order valence-corrected chi connectivity index (χ1v) is 6.67. The zero-order valence-corrected chi connectivity index (χ0v) is 12.1. The summed E-state index contributed by atoms with van der Waals surface area (Å²) >= 11 is 0. The molecule has 0 radical (unpaired) electrons. The molecule has 0 saturated heterocycles. The Morgan fingerprint density at radius 2 is 1.56 bits per heavy atom. The molecule has 2 heterocycles. The van der Waals surface area contributed by atoms with Crippen molar-refractivity contribution in [2.75, 3.05) is 0 Å². The maximum atomic E-state index is 4.66. The second-order valence-electron chi connectivity index (χ2n) is 5.74. The molecule has 0 fully saturated rings. The molecule has 0 atom stereocenters. The van der Waals surface area contributed by atoms with E-state index >= 15 is 0 Å². The monoisotopic (exact) mass is 246 g/mol. The Morgan fingerprint density at radius 1 is 0.889 bits per heavy atom. The fraction of sp³-hybridized carbons (Fsp3) is 0.643. The number of nitrogens with zero attached hydrogens (tertiary/aromatic N) is 4. The van der Waals surface area contributed by atoms with Crippen LogP contribution in [0.15, 0.2) is 6.07 Å². The predicted molar refractivity (Wildman–Crippen MR) is 73.0 cm³/mol. The topological polar surface area (TPSA) is 43.1 Å². The molecule has 0 unspecified atom stereocenters. The van der Waals surface area contributed by atoms with Crippen LogP contribution in [-0.4, -0.2) is 19.6 Å². The van der Waals surface area contributed by atoms with Crippen LogP contribution in [0.25, 0.3) is 5.65 Å². The minimum Gasteiger partial charge on any atom is -0.217 e. The summed E-state index contributed by atoms with van der Waals surface area (Å²) in [5.41, 5.74) is 1.99. The fourth-order valence-electron chi connectivity index (χ4n) is 1.86. The zero-order valence-electron chi connectivity index (χ0n) is 12.1. The highest BCUT2D eigenvalue weighted by Crippen LogP contribution is 2.20. The summed E-state index contributed by atoms with van der Waals surface area (Å²) in [6.07, 6.45) is 0. The maximum Gasteiger partial charge on any atom is 0.159 e. The molecule has 0 bridgehead atoms. The van der Waals surface area contributed by atoms with Crippen LogP contribution < -0.4 is 0 Å². The standard InChI is InChI=1S/C14H22N4/c1-8(2)11-7-12-15-13(9(3)4)16-14(10(5)6)18(12)17-11/h7-10H,1-6H3. The molecular formula is C14H22N4. The van der Waals surface area contributed by atoms with Crippen molar-refractivity contribution >= 4 is 5.65 Å². The Bertz CT molecular complexity index is 552. The summed E-state index contributed by atoms with van der Waals surface area (Å²) < 4.78 is 1.89. The third kappa shape index (κ3) is 2.24. The van der Waals surface area contributed by atoms with E-state index in [1.54, 1.807) is 0 Å². The summed E-state index contributed by atoms with van der Waals surface area (Å²) in [6.45, 7) is 12.8.